The van der Waals surface area contributed by atoms with Crippen LogP contribution in [-0.2, 0) is 0 Å². The van der Waals surface area contributed by atoms with Gasteiger partial charge in [-0.25, -0.2) is 17.6 Å². The Morgan fingerprint density at radius 3 is 1.32 bits per heavy atom. The van der Waals surface area contributed by atoms with E-state index in [1.165, 1.54) is 0 Å². The molecule has 2 aromatic carbocycles. The van der Waals surface area contributed by atoms with Crippen molar-refractivity contribution >= 4 is 0 Å². The molecular formula is C14H12F4N2O2. The zero-order valence-corrected chi connectivity index (χ0v) is 11.0. The monoisotopic (exact) mass is 316 g/mol. The molecule has 0 unspecified atom stereocenters. The molecule has 0 aromatic heterocycles. The van der Waals surface area contributed by atoms with Gasteiger partial charge in [-0.2, -0.15) is 0 Å². The molecule has 0 amide bonds. The molecule has 0 bridgehead atoms. The maximum absolute atomic E-state index is 13.8. The van der Waals surface area contributed by atoms with Gasteiger partial charge in [0.2, 0.25) is 0 Å². The van der Waals surface area contributed by atoms with E-state index >= 15 is 0 Å². The standard InChI is InChI=1S/C14H12F4N2O2/c15-5-1-3-7(21)11(17)9(5)13(19)14(20)10-6(16)2-4-8(22)12(10)18/h1-4,13-14,21-22H,19-20H2/t13-,14-/m0/s1. The number of nitrogens with two attached hydrogens (primary N) is 2. The van der Waals surface area contributed by atoms with E-state index in [4.69, 9.17) is 11.5 Å². The minimum absolute atomic E-state index is 0.746. The summed E-state index contributed by atoms with van der Waals surface area (Å²) in [5.41, 5.74) is 9.57. The molecule has 4 nitrogen and oxygen atoms in total. The van der Waals surface area contributed by atoms with E-state index in [9.17, 15) is 27.8 Å². The molecule has 2 rings (SSSR count). The van der Waals surface area contributed by atoms with Gasteiger partial charge in [0.05, 0.1) is 12.1 Å². The van der Waals surface area contributed by atoms with Gasteiger partial charge in [-0.15, -0.1) is 0 Å². The SMILES string of the molecule is N[C@@H](c1c(F)ccc(O)c1F)[C@@H](N)c1c(F)ccc(O)c1F. The Morgan fingerprint density at radius 2 is 1.00 bits per heavy atom. The predicted octanol–water partition coefficient (Wildman–Crippen LogP) is 2.35. The van der Waals surface area contributed by atoms with Crippen LogP contribution in [0.25, 0.3) is 0 Å². The van der Waals surface area contributed by atoms with E-state index < -0.39 is 58.0 Å². The number of phenolic OH excluding ortho intramolecular Hbond substituents is 2. The minimum Gasteiger partial charge on any atom is -0.505 e. The largest absolute Gasteiger partial charge is 0.505 e. The molecular weight excluding hydrogens is 304 g/mol. The predicted molar refractivity (Wildman–Crippen MR) is 69.9 cm³/mol. The van der Waals surface area contributed by atoms with E-state index in [1.807, 2.05) is 0 Å². The highest BCUT2D eigenvalue weighted by atomic mass is 19.1. The maximum Gasteiger partial charge on any atom is 0.172 e. The lowest BCUT2D eigenvalue weighted by atomic mass is 9.93. The van der Waals surface area contributed by atoms with Crippen LogP contribution in [0.5, 0.6) is 11.5 Å². The van der Waals surface area contributed by atoms with E-state index in [1.54, 1.807) is 0 Å². The zero-order valence-electron chi connectivity index (χ0n) is 11.0. The summed E-state index contributed by atoms with van der Waals surface area (Å²) in [6.07, 6.45) is 0. The molecule has 2 aromatic rings. The highest BCUT2D eigenvalue weighted by molar-refractivity contribution is 5.38. The topological polar surface area (TPSA) is 92.5 Å². The Bertz CT molecular complexity index is 663. The van der Waals surface area contributed by atoms with Crippen molar-refractivity contribution in [3.8, 4) is 11.5 Å². The van der Waals surface area contributed by atoms with Gasteiger partial charge >= 0.3 is 0 Å². The first kappa shape index (κ1) is 16.1. The normalized spacial score (nSPS) is 13.9. The lowest BCUT2D eigenvalue weighted by Crippen LogP contribution is -2.29. The highest BCUT2D eigenvalue weighted by Gasteiger charge is 2.30. The molecule has 2 atom stereocenters. The smallest absolute Gasteiger partial charge is 0.172 e. The second-order valence-corrected chi connectivity index (χ2v) is 4.64. The molecule has 0 aliphatic rings. The van der Waals surface area contributed by atoms with Crippen LogP contribution in [0.4, 0.5) is 17.6 Å². The van der Waals surface area contributed by atoms with Crippen molar-refractivity contribution in [1.82, 2.24) is 0 Å². The fraction of sp³-hybridized carbons (Fsp3) is 0.143. The van der Waals surface area contributed by atoms with Gasteiger partial charge < -0.3 is 21.7 Å². The van der Waals surface area contributed by atoms with Crippen molar-refractivity contribution < 1.29 is 27.8 Å². The van der Waals surface area contributed by atoms with Crippen LogP contribution in [0.2, 0.25) is 0 Å². The molecule has 8 heteroatoms. The number of halogens is 4. The number of aromatic hydroxyl groups is 2. The van der Waals surface area contributed by atoms with E-state index in [0.717, 1.165) is 24.3 Å². The summed E-state index contributed by atoms with van der Waals surface area (Å²) in [6, 6.07) is -0.370. The van der Waals surface area contributed by atoms with Crippen molar-refractivity contribution in [2.75, 3.05) is 0 Å². The summed E-state index contributed by atoms with van der Waals surface area (Å²) < 4.78 is 55.0. The van der Waals surface area contributed by atoms with Crippen LogP contribution >= 0.6 is 0 Å². The third kappa shape index (κ3) is 2.58. The van der Waals surface area contributed by atoms with Crippen molar-refractivity contribution in [2.24, 2.45) is 11.5 Å². The molecule has 0 fully saturated rings. The Balaban J connectivity index is 2.54. The third-order valence-corrected chi connectivity index (χ3v) is 3.27. The molecule has 0 radical (unpaired) electrons. The summed E-state index contributed by atoms with van der Waals surface area (Å²) >= 11 is 0. The van der Waals surface area contributed by atoms with Crippen LogP contribution in [-0.4, -0.2) is 10.2 Å². The van der Waals surface area contributed by atoms with Crippen LogP contribution in [0.1, 0.15) is 23.2 Å². The second kappa shape index (κ2) is 5.82. The summed E-state index contributed by atoms with van der Waals surface area (Å²) in [7, 11) is 0. The van der Waals surface area contributed by atoms with Gasteiger partial charge in [-0.1, -0.05) is 0 Å². The summed E-state index contributed by atoms with van der Waals surface area (Å²) in [6.45, 7) is 0. The van der Waals surface area contributed by atoms with Crippen LogP contribution < -0.4 is 11.5 Å². The van der Waals surface area contributed by atoms with Gasteiger partial charge in [0.15, 0.2) is 23.1 Å². The molecule has 0 saturated carbocycles. The fourth-order valence-electron chi connectivity index (χ4n) is 2.09. The average Bonchev–Trinajstić information content (AvgIpc) is 2.47. The van der Waals surface area contributed by atoms with E-state index in [0.29, 0.717) is 0 Å². The quantitative estimate of drug-likeness (QED) is 0.654. The molecule has 0 heterocycles. The first-order valence-electron chi connectivity index (χ1n) is 6.10. The Labute approximate surface area is 122 Å². The Morgan fingerprint density at radius 1 is 0.682 bits per heavy atom. The number of phenols is 2. The first-order valence-corrected chi connectivity index (χ1v) is 6.10. The average molecular weight is 316 g/mol. The van der Waals surface area contributed by atoms with E-state index in [-0.39, 0.29) is 0 Å². The number of rotatable bonds is 3. The molecule has 0 spiro atoms. The Hall–Kier alpha value is -2.32. The van der Waals surface area contributed by atoms with Crippen LogP contribution in [0, 0.1) is 23.3 Å². The minimum atomic E-state index is -1.70. The van der Waals surface area contributed by atoms with Crippen LogP contribution in [0.15, 0.2) is 24.3 Å². The van der Waals surface area contributed by atoms with Crippen LogP contribution in [0.3, 0.4) is 0 Å². The number of hydrogen-bond donors (Lipinski definition) is 4. The van der Waals surface area contributed by atoms with Gasteiger partial charge in [-0.05, 0) is 24.3 Å². The number of hydrogen-bond acceptors (Lipinski definition) is 4. The zero-order chi connectivity index (χ0) is 16.6. The van der Waals surface area contributed by atoms with Crippen molar-refractivity contribution in [3.05, 3.63) is 58.7 Å². The Kier molecular flexibility index (Phi) is 4.25. The first-order chi connectivity index (χ1) is 10.3. The molecule has 0 aliphatic carbocycles. The molecule has 6 N–H and O–H groups in total. The number of benzene rings is 2. The highest BCUT2D eigenvalue weighted by Crippen LogP contribution is 2.35. The van der Waals surface area contributed by atoms with E-state index in [2.05, 4.69) is 0 Å². The summed E-state index contributed by atoms with van der Waals surface area (Å²) in [4.78, 5) is 0. The molecule has 22 heavy (non-hydrogen) atoms. The van der Waals surface area contributed by atoms with Crippen molar-refractivity contribution in [1.29, 1.82) is 0 Å². The lowest BCUT2D eigenvalue weighted by molar-refractivity contribution is 0.394. The summed E-state index contributed by atoms with van der Waals surface area (Å²) in [5.74, 6) is -6.75. The van der Waals surface area contributed by atoms with Crippen molar-refractivity contribution in [2.45, 2.75) is 12.1 Å². The second-order valence-electron chi connectivity index (χ2n) is 4.64. The molecule has 0 saturated heterocycles. The maximum atomic E-state index is 13.8. The van der Waals surface area contributed by atoms with Gasteiger partial charge in [0, 0.05) is 11.1 Å². The molecule has 118 valence electrons. The lowest BCUT2D eigenvalue weighted by Gasteiger charge is -2.23. The molecule has 0 aliphatic heterocycles. The van der Waals surface area contributed by atoms with Gasteiger partial charge in [-0.3, -0.25) is 0 Å². The van der Waals surface area contributed by atoms with Crippen molar-refractivity contribution in [3.63, 3.8) is 0 Å². The van der Waals surface area contributed by atoms with Gasteiger partial charge in [0.1, 0.15) is 11.6 Å². The summed E-state index contributed by atoms with van der Waals surface area (Å²) in [5, 5.41) is 18.5. The third-order valence-electron chi connectivity index (χ3n) is 3.27. The fourth-order valence-corrected chi connectivity index (χ4v) is 2.09. The van der Waals surface area contributed by atoms with Gasteiger partial charge in [0.25, 0.3) is 0 Å².